The third-order valence-electron chi connectivity index (χ3n) is 7.28. The normalized spacial score (nSPS) is 15.2. The second-order valence-corrected chi connectivity index (χ2v) is 9.30. The highest BCUT2D eigenvalue weighted by molar-refractivity contribution is 6.43. The molecule has 2 heterocycles. The lowest BCUT2D eigenvalue weighted by Crippen LogP contribution is -2.35. The minimum atomic E-state index is -2.01. The molecule has 11 nitrogen and oxygen atoms in total. The van der Waals surface area contributed by atoms with Crippen molar-refractivity contribution >= 4 is 78.5 Å². The Bertz CT molecular complexity index is 2040. The number of ketones is 1. The Balaban J connectivity index is 1.68. The van der Waals surface area contributed by atoms with Crippen LogP contribution in [0.4, 0.5) is 0 Å². The van der Waals surface area contributed by atoms with E-state index in [0.717, 1.165) is 0 Å². The van der Waals surface area contributed by atoms with Gasteiger partial charge in [0.2, 0.25) is 0 Å². The van der Waals surface area contributed by atoms with Crippen molar-refractivity contribution in [1.29, 1.82) is 0 Å². The Morgan fingerprint density at radius 3 is 1.72 bits per heavy atom. The number of hydrogen-bond acceptors (Lipinski definition) is 9. The fourth-order valence-electron chi connectivity index (χ4n) is 5.63. The molecule has 5 aromatic rings. The van der Waals surface area contributed by atoms with Crippen LogP contribution in [0.3, 0.4) is 0 Å². The van der Waals surface area contributed by atoms with Crippen molar-refractivity contribution < 1.29 is 43.7 Å². The van der Waals surface area contributed by atoms with Gasteiger partial charge in [-0.2, -0.15) is 0 Å². The maximum atomic E-state index is 12.9. The molecular weight excluding hydrogens is 508 g/mol. The van der Waals surface area contributed by atoms with Gasteiger partial charge in [0.1, 0.15) is 11.9 Å². The van der Waals surface area contributed by atoms with Crippen LogP contribution in [-0.4, -0.2) is 58.3 Å². The van der Waals surface area contributed by atoms with Gasteiger partial charge in [-0.25, -0.2) is 4.79 Å². The molecule has 2 aliphatic rings. The molecule has 4 N–H and O–H groups in total. The zero-order valence-corrected chi connectivity index (χ0v) is 19.6. The summed E-state index contributed by atoms with van der Waals surface area (Å²) >= 11 is 0. The highest BCUT2D eigenvalue weighted by Gasteiger charge is 2.33. The molecule has 11 heteroatoms. The Morgan fingerprint density at radius 1 is 0.667 bits per heavy atom. The summed E-state index contributed by atoms with van der Waals surface area (Å²) in [6.45, 7) is -1.00. The number of esters is 1. The number of hydrogen-bond donors (Lipinski definition) is 4. The molecule has 1 unspecified atom stereocenters. The predicted molar refractivity (Wildman–Crippen MR) is 135 cm³/mol. The molecule has 0 fully saturated rings. The average molecular weight is 522 g/mol. The topological polar surface area (TPSA) is 176 Å². The predicted octanol–water partition coefficient (Wildman–Crippen LogP) is 1.33. The molecule has 0 radical (unpaired) electrons. The van der Waals surface area contributed by atoms with Crippen LogP contribution in [-0.2, 0) is 9.59 Å². The number of fused-ring (bicyclic) bond motifs is 2. The van der Waals surface area contributed by atoms with E-state index in [4.69, 9.17) is 9.84 Å². The van der Waals surface area contributed by atoms with Gasteiger partial charge < -0.3 is 14.9 Å². The number of nitrogens with one attached hydrogen (secondary N) is 2. The van der Waals surface area contributed by atoms with Crippen molar-refractivity contribution in [2.75, 3.05) is 6.61 Å². The third-order valence-corrected chi connectivity index (χ3v) is 7.28. The first kappa shape index (κ1) is 22.9. The Kier molecular flexibility index (Phi) is 4.48. The van der Waals surface area contributed by atoms with Gasteiger partial charge in [-0.3, -0.25) is 34.6 Å². The van der Waals surface area contributed by atoms with E-state index in [2.05, 4.69) is 10.6 Å². The average Bonchev–Trinajstić information content (AvgIpc) is 2.93. The number of imide groups is 2. The summed E-state index contributed by atoms with van der Waals surface area (Å²) in [6.07, 6.45) is -2.01. The lowest BCUT2D eigenvalue weighted by Gasteiger charge is -2.24. The van der Waals surface area contributed by atoms with Crippen molar-refractivity contribution in [2.24, 2.45) is 0 Å². The molecule has 0 aliphatic carbocycles. The highest BCUT2D eigenvalue weighted by atomic mass is 16.5. The molecule has 1 atom stereocenters. The number of carbonyl (C=O) groups is 6. The van der Waals surface area contributed by atoms with Gasteiger partial charge >= 0.3 is 5.97 Å². The van der Waals surface area contributed by atoms with Gasteiger partial charge in [0.05, 0.1) is 12.2 Å². The van der Waals surface area contributed by atoms with Crippen molar-refractivity contribution in [1.82, 2.24) is 10.6 Å². The second kappa shape index (κ2) is 7.63. The lowest BCUT2D eigenvalue weighted by molar-refractivity contribution is -0.152. The fraction of sp³-hybridized carbons (Fsp3) is 0.0714. The minimum absolute atomic E-state index is 0.0201. The monoisotopic (exact) mass is 522 g/mol. The zero-order chi connectivity index (χ0) is 27.3. The number of rotatable bonds is 4. The maximum Gasteiger partial charge on any atom is 0.382 e. The van der Waals surface area contributed by atoms with E-state index in [1.807, 2.05) is 0 Å². The molecule has 4 amide bonds. The van der Waals surface area contributed by atoms with E-state index >= 15 is 0 Å². The molecule has 2 aliphatic heterocycles. The van der Waals surface area contributed by atoms with E-state index in [-0.39, 0.29) is 33.4 Å². The smallest absolute Gasteiger partial charge is 0.382 e. The number of benzene rings is 5. The number of carbonyl (C=O) groups excluding carboxylic acids is 6. The molecule has 0 spiro atoms. The standard InChI is InChI=1S/C28H14N2O9/c31-8-16(32)23(33)28(38)39-17-7-15-20-14(26(36)30-27(15)37)5-2-10-9-1-4-12-19-13(25(35)29-24(12)34)6-3-11(18(9)19)21(17)22(10)20/h1-7,16,31-32H,8H2,(H,29,34,35)(H,30,36,37). The number of amides is 4. The summed E-state index contributed by atoms with van der Waals surface area (Å²) in [5.74, 6) is -5.62. The first-order valence-corrected chi connectivity index (χ1v) is 11.7. The van der Waals surface area contributed by atoms with Crippen LogP contribution in [0.5, 0.6) is 5.75 Å². The third kappa shape index (κ3) is 2.87. The molecule has 7 rings (SSSR count). The summed E-state index contributed by atoms with van der Waals surface area (Å²) in [4.78, 5) is 75.9. The summed E-state index contributed by atoms with van der Waals surface area (Å²) in [5.41, 5.74) is 0.742. The van der Waals surface area contributed by atoms with Gasteiger partial charge in [-0.05, 0) is 45.8 Å². The van der Waals surface area contributed by atoms with Crippen molar-refractivity contribution in [3.8, 4) is 5.75 Å². The number of aliphatic hydroxyl groups excluding tert-OH is 2. The second-order valence-electron chi connectivity index (χ2n) is 9.30. The van der Waals surface area contributed by atoms with Crippen LogP contribution in [0.2, 0.25) is 0 Å². The van der Waals surface area contributed by atoms with Gasteiger partial charge in [0.15, 0.2) is 0 Å². The summed E-state index contributed by atoms with van der Waals surface area (Å²) < 4.78 is 5.42. The first-order valence-electron chi connectivity index (χ1n) is 11.7. The van der Waals surface area contributed by atoms with Crippen molar-refractivity contribution in [2.45, 2.75) is 6.10 Å². The van der Waals surface area contributed by atoms with E-state index in [1.54, 1.807) is 30.3 Å². The molecular formula is C28H14N2O9. The molecule has 0 saturated heterocycles. The van der Waals surface area contributed by atoms with E-state index in [0.29, 0.717) is 37.7 Å². The van der Waals surface area contributed by atoms with Gasteiger partial charge in [0, 0.05) is 38.2 Å². The molecule has 190 valence electrons. The Morgan fingerprint density at radius 2 is 1.15 bits per heavy atom. The lowest BCUT2D eigenvalue weighted by atomic mass is 9.82. The quantitative estimate of drug-likeness (QED) is 0.0677. The number of Topliss-reactive ketones (excluding diaryl/α,β-unsaturated/α-hetero) is 1. The fourth-order valence-corrected chi connectivity index (χ4v) is 5.63. The summed E-state index contributed by atoms with van der Waals surface area (Å²) in [5, 5.41) is 26.8. The number of aliphatic hydroxyl groups is 2. The first-order chi connectivity index (χ1) is 18.7. The van der Waals surface area contributed by atoms with Crippen molar-refractivity contribution in [3.05, 3.63) is 64.7 Å². The number of ether oxygens (including phenoxy) is 1. The minimum Gasteiger partial charge on any atom is -0.420 e. The maximum absolute atomic E-state index is 12.9. The van der Waals surface area contributed by atoms with E-state index < -0.39 is 48.1 Å². The van der Waals surface area contributed by atoms with E-state index in [9.17, 15) is 33.9 Å². The van der Waals surface area contributed by atoms with Crippen LogP contribution in [0.1, 0.15) is 41.4 Å². The van der Waals surface area contributed by atoms with Crippen LogP contribution >= 0.6 is 0 Å². The summed E-state index contributed by atoms with van der Waals surface area (Å²) in [6, 6.07) is 10.8. The van der Waals surface area contributed by atoms with Crippen LogP contribution in [0.25, 0.3) is 43.1 Å². The van der Waals surface area contributed by atoms with Crippen LogP contribution in [0, 0.1) is 0 Å². The van der Waals surface area contributed by atoms with Gasteiger partial charge in [-0.15, -0.1) is 0 Å². The summed E-state index contributed by atoms with van der Waals surface area (Å²) in [7, 11) is 0. The molecule has 39 heavy (non-hydrogen) atoms. The Hall–Kier alpha value is -5.26. The van der Waals surface area contributed by atoms with E-state index in [1.165, 1.54) is 12.1 Å². The molecule has 5 aromatic carbocycles. The van der Waals surface area contributed by atoms with Crippen molar-refractivity contribution in [3.63, 3.8) is 0 Å². The SMILES string of the molecule is O=C(Oc1cc2c3c(ccc4c5ccc6c7c(ccc(c1c34)c75)C(=O)NC6=O)C(=O)NC2=O)C(=O)C(O)CO. The molecule has 0 aromatic heterocycles. The van der Waals surface area contributed by atoms with Gasteiger partial charge in [0.25, 0.3) is 29.4 Å². The highest BCUT2D eigenvalue weighted by Crippen LogP contribution is 2.48. The van der Waals surface area contributed by atoms with Crippen LogP contribution in [0.15, 0.2) is 42.5 Å². The zero-order valence-electron chi connectivity index (χ0n) is 19.6. The molecule has 0 bridgehead atoms. The Labute approximate surface area is 216 Å². The molecule has 0 saturated carbocycles. The van der Waals surface area contributed by atoms with Gasteiger partial charge in [-0.1, -0.05) is 18.2 Å². The van der Waals surface area contributed by atoms with Crippen LogP contribution < -0.4 is 15.4 Å². The largest absolute Gasteiger partial charge is 0.420 e.